The van der Waals surface area contributed by atoms with Gasteiger partial charge in [0.2, 0.25) is 0 Å². The molecule has 18 heavy (non-hydrogen) atoms. The Bertz CT molecular complexity index is 588. The molecule has 0 saturated heterocycles. The van der Waals surface area contributed by atoms with Gasteiger partial charge in [0.05, 0.1) is 8.80 Å². The van der Waals surface area contributed by atoms with E-state index in [2.05, 4.69) is 65.1 Å². The summed E-state index contributed by atoms with van der Waals surface area (Å²) in [6.07, 6.45) is 0. The second-order valence-electron chi connectivity index (χ2n) is 4.50. The summed E-state index contributed by atoms with van der Waals surface area (Å²) in [5.74, 6) is 6.53. The van der Waals surface area contributed by atoms with E-state index in [1.54, 1.807) is 0 Å². The summed E-state index contributed by atoms with van der Waals surface area (Å²) < 4.78 is 1.09. The average molecular weight is 315 g/mol. The quantitative estimate of drug-likeness (QED) is 0.558. The highest BCUT2D eigenvalue weighted by atomic mass is 79.9. The van der Waals surface area contributed by atoms with Gasteiger partial charge in [-0.15, -0.1) is 0 Å². The minimum atomic E-state index is -0.812. The fourth-order valence-electron chi connectivity index (χ4n) is 1.79. The average Bonchev–Trinajstić information content (AvgIpc) is 2.38. The molecule has 0 heterocycles. The van der Waals surface area contributed by atoms with Crippen molar-refractivity contribution < 1.29 is 0 Å². The monoisotopic (exact) mass is 314 g/mol. The van der Waals surface area contributed by atoms with Crippen LogP contribution in [0.25, 0.3) is 0 Å². The van der Waals surface area contributed by atoms with E-state index in [4.69, 9.17) is 0 Å². The molecule has 0 saturated carbocycles. The summed E-state index contributed by atoms with van der Waals surface area (Å²) >= 11 is 3.43. The first kappa shape index (κ1) is 13.1. The minimum Gasteiger partial charge on any atom is -0.0682 e. The third-order valence-corrected chi connectivity index (χ3v) is 5.04. The molecule has 0 aliphatic heterocycles. The topological polar surface area (TPSA) is 0 Å². The van der Waals surface area contributed by atoms with Gasteiger partial charge in [-0.05, 0) is 35.5 Å². The first-order valence-corrected chi connectivity index (χ1v) is 9.71. The maximum absolute atomic E-state index is 3.43. The number of rotatable bonds is 1. The first-order chi connectivity index (χ1) is 8.66. The van der Waals surface area contributed by atoms with Crippen LogP contribution in [-0.2, 0) is 0 Å². The van der Waals surface area contributed by atoms with E-state index in [1.165, 1.54) is 10.8 Å². The summed E-state index contributed by atoms with van der Waals surface area (Å²) in [5.41, 5.74) is 2.24. The Labute approximate surface area is 119 Å². The molecule has 0 aliphatic rings. The van der Waals surface area contributed by atoms with Gasteiger partial charge in [0, 0.05) is 15.6 Å². The predicted octanol–water partition coefficient (Wildman–Crippen LogP) is 3.54. The SMILES string of the molecule is C[SiH](C)c1ccccc1C#Cc1ccc(Br)cc1. The molecule has 2 heteroatoms. The van der Waals surface area contributed by atoms with Crippen molar-refractivity contribution in [3.05, 3.63) is 64.1 Å². The van der Waals surface area contributed by atoms with Gasteiger partial charge in [0.15, 0.2) is 0 Å². The molecule has 0 N–H and O–H groups in total. The van der Waals surface area contributed by atoms with Gasteiger partial charge in [0.1, 0.15) is 0 Å². The molecule has 2 aromatic rings. The second-order valence-corrected chi connectivity index (χ2v) is 8.35. The summed E-state index contributed by atoms with van der Waals surface area (Å²) in [7, 11) is -0.812. The van der Waals surface area contributed by atoms with Crippen molar-refractivity contribution >= 4 is 29.9 Å². The fourth-order valence-corrected chi connectivity index (χ4v) is 3.34. The highest BCUT2D eigenvalue weighted by Gasteiger charge is 2.03. The van der Waals surface area contributed by atoms with Crippen LogP contribution in [-0.4, -0.2) is 8.80 Å². The van der Waals surface area contributed by atoms with E-state index in [0.29, 0.717) is 0 Å². The molecule has 0 unspecified atom stereocenters. The zero-order valence-corrected chi connectivity index (χ0v) is 13.3. The van der Waals surface area contributed by atoms with Crippen LogP contribution in [0.15, 0.2) is 53.0 Å². The minimum absolute atomic E-state index is 0.812. The predicted molar refractivity (Wildman–Crippen MR) is 85.1 cm³/mol. The zero-order chi connectivity index (χ0) is 13.0. The van der Waals surface area contributed by atoms with Crippen molar-refractivity contribution in [2.45, 2.75) is 13.1 Å². The summed E-state index contributed by atoms with van der Waals surface area (Å²) in [6, 6.07) is 16.6. The van der Waals surface area contributed by atoms with Crippen molar-refractivity contribution in [1.82, 2.24) is 0 Å². The molecule has 0 aliphatic carbocycles. The van der Waals surface area contributed by atoms with Gasteiger partial charge < -0.3 is 0 Å². The summed E-state index contributed by atoms with van der Waals surface area (Å²) in [5, 5.41) is 1.45. The molecule has 2 aromatic carbocycles. The van der Waals surface area contributed by atoms with E-state index in [0.717, 1.165) is 10.0 Å². The van der Waals surface area contributed by atoms with Gasteiger partial charge in [-0.1, -0.05) is 59.1 Å². The van der Waals surface area contributed by atoms with Gasteiger partial charge in [-0.25, -0.2) is 0 Å². The van der Waals surface area contributed by atoms with Crippen LogP contribution < -0.4 is 5.19 Å². The third kappa shape index (κ3) is 3.35. The van der Waals surface area contributed by atoms with Crippen molar-refractivity contribution in [3.8, 4) is 11.8 Å². The number of hydrogen-bond acceptors (Lipinski definition) is 0. The standard InChI is InChI=1S/C16H15BrSi/c1-18(2)16-6-4-3-5-14(16)10-7-13-8-11-15(17)12-9-13/h3-6,8-9,11-12,18H,1-2H3. The number of hydrogen-bond donors (Lipinski definition) is 0. The van der Waals surface area contributed by atoms with Crippen LogP contribution in [0.4, 0.5) is 0 Å². The molecular weight excluding hydrogens is 300 g/mol. The van der Waals surface area contributed by atoms with E-state index >= 15 is 0 Å². The van der Waals surface area contributed by atoms with Gasteiger partial charge in [0.25, 0.3) is 0 Å². The number of benzene rings is 2. The fraction of sp³-hybridized carbons (Fsp3) is 0.125. The molecular formula is C16H15BrSi. The Kier molecular flexibility index (Phi) is 4.41. The van der Waals surface area contributed by atoms with Gasteiger partial charge >= 0.3 is 0 Å². The van der Waals surface area contributed by atoms with Crippen molar-refractivity contribution in [1.29, 1.82) is 0 Å². The van der Waals surface area contributed by atoms with Crippen LogP contribution in [0.3, 0.4) is 0 Å². The zero-order valence-electron chi connectivity index (χ0n) is 10.6. The lowest BCUT2D eigenvalue weighted by Gasteiger charge is -2.05. The maximum atomic E-state index is 3.43. The lowest BCUT2D eigenvalue weighted by molar-refractivity contribution is 1.60. The van der Waals surface area contributed by atoms with Gasteiger partial charge in [-0.3, -0.25) is 0 Å². The highest BCUT2D eigenvalue weighted by Crippen LogP contribution is 2.09. The molecule has 0 bridgehead atoms. The Morgan fingerprint density at radius 3 is 2.22 bits per heavy atom. The van der Waals surface area contributed by atoms with E-state index < -0.39 is 8.80 Å². The molecule has 0 spiro atoms. The number of halogens is 1. The molecule has 0 atom stereocenters. The second kappa shape index (κ2) is 6.04. The molecule has 0 aromatic heterocycles. The van der Waals surface area contributed by atoms with Crippen LogP contribution >= 0.6 is 15.9 Å². The van der Waals surface area contributed by atoms with E-state index in [-0.39, 0.29) is 0 Å². The van der Waals surface area contributed by atoms with E-state index in [1.807, 2.05) is 24.3 Å². The Morgan fingerprint density at radius 2 is 1.56 bits per heavy atom. The van der Waals surface area contributed by atoms with Crippen LogP contribution in [0.5, 0.6) is 0 Å². The maximum Gasteiger partial charge on any atom is 0.0663 e. The summed E-state index contributed by atoms with van der Waals surface area (Å²) in [6.45, 7) is 4.67. The van der Waals surface area contributed by atoms with Crippen molar-refractivity contribution in [3.63, 3.8) is 0 Å². The van der Waals surface area contributed by atoms with Crippen LogP contribution in [0.2, 0.25) is 13.1 Å². The van der Waals surface area contributed by atoms with Crippen molar-refractivity contribution in [2.75, 3.05) is 0 Å². The molecule has 2 rings (SSSR count). The first-order valence-electron chi connectivity index (χ1n) is 6.03. The largest absolute Gasteiger partial charge is 0.0682 e. The third-order valence-electron chi connectivity index (χ3n) is 2.77. The highest BCUT2D eigenvalue weighted by molar-refractivity contribution is 9.10. The molecule has 0 radical (unpaired) electrons. The normalized spacial score (nSPS) is 10.0. The summed E-state index contributed by atoms with van der Waals surface area (Å²) in [4.78, 5) is 0. The lowest BCUT2D eigenvalue weighted by atomic mass is 10.2. The Balaban J connectivity index is 2.32. The smallest absolute Gasteiger partial charge is 0.0663 e. The van der Waals surface area contributed by atoms with Gasteiger partial charge in [-0.2, -0.15) is 0 Å². The lowest BCUT2D eigenvalue weighted by Crippen LogP contribution is -2.25. The molecule has 0 fully saturated rings. The van der Waals surface area contributed by atoms with Crippen LogP contribution in [0.1, 0.15) is 11.1 Å². The Morgan fingerprint density at radius 1 is 0.889 bits per heavy atom. The molecule has 90 valence electrons. The van der Waals surface area contributed by atoms with E-state index in [9.17, 15) is 0 Å². The molecule has 0 amide bonds. The molecule has 0 nitrogen and oxygen atoms in total. The Hall–Kier alpha value is -1.30. The van der Waals surface area contributed by atoms with Crippen molar-refractivity contribution in [2.24, 2.45) is 0 Å². The van der Waals surface area contributed by atoms with Crippen LogP contribution in [0, 0.1) is 11.8 Å².